The van der Waals surface area contributed by atoms with Crippen molar-refractivity contribution in [2.45, 2.75) is 70.9 Å². The van der Waals surface area contributed by atoms with E-state index in [1.165, 1.54) is 32.6 Å². The number of alkyl halides is 3. The van der Waals surface area contributed by atoms with Crippen LogP contribution in [0.3, 0.4) is 0 Å². The summed E-state index contributed by atoms with van der Waals surface area (Å²) in [5, 5.41) is 4.56. The van der Waals surface area contributed by atoms with Crippen LogP contribution >= 0.6 is 0 Å². The van der Waals surface area contributed by atoms with E-state index in [9.17, 15) is 32.3 Å². The number of nitrogens with one attached hydrogen (secondary N) is 2. The first-order valence-electron chi connectivity index (χ1n) is 9.05. The van der Waals surface area contributed by atoms with Crippen LogP contribution in [-0.4, -0.2) is 65.3 Å². The first kappa shape index (κ1) is 23.9. The van der Waals surface area contributed by atoms with Crippen molar-refractivity contribution in [3.8, 4) is 0 Å². The topological polar surface area (TPSA) is 122 Å². The van der Waals surface area contributed by atoms with Gasteiger partial charge >= 0.3 is 6.18 Å². The second-order valence-electron chi connectivity index (χ2n) is 7.30. The summed E-state index contributed by atoms with van der Waals surface area (Å²) >= 11 is 0. The maximum Gasteiger partial charge on any atom is 0.452 e. The van der Waals surface area contributed by atoms with Crippen molar-refractivity contribution in [3.63, 3.8) is 0 Å². The van der Waals surface area contributed by atoms with Crippen LogP contribution in [-0.2, 0) is 19.2 Å². The highest BCUT2D eigenvalue weighted by molar-refractivity contribution is 5.96. The minimum atomic E-state index is -5.08. The van der Waals surface area contributed by atoms with Crippen LogP contribution in [0.4, 0.5) is 13.2 Å². The Morgan fingerprint density at radius 3 is 2.11 bits per heavy atom. The molecule has 1 fully saturated rings. The number of carbonyl (C=O) groups is 4. The molecule has 0 aromatic heterocycles. The zero-order valence-corrected chi connectivity index (χ0v) is 16.3. The van der Waals surface area contributed by atoms with Gasteiger partial charge in [0.25, 0.3) is 5.78 Å². The average molecular weight is 408 g/mol. The van der Waals surface area contributed by atoms with E-state index < -0.39 is 59.8 Å². The van der Waals surface area contributed by atoms with E-state index in [-0.39, 0.29) is 13.0 Å². The van der Waals surface area contributed by atoms with Gasteiger partial charge in [0.1, 0.15) is 12.1 Å². The zero-order valence-electron chi connectivity index (χ0n) is 16.3. The molecule has 8 nitrogen and oxygen atoms in total. The van der Waals surface area contributed by atoms with E-state index in [0.717, 1.165) is 0 Å². The van der Waals surface area contributed by atoms with Gasteiger partial charge in [-0.15, -0.1) is 0 Å². The average Bonchev–Trinajstić information content (AvgIpc) is 3.06. The Balaban J connectivity index is 2.87. The Labute approximate surface area is 161 Å². The third-order valence-electron chi connectivity index (χ3n) is 4.51. The molecule has 0 radical (unpaired) electrons. The smallest absolute Gasteiger partial charge is 0.344 e. The van der Waals surface area contributed by atoms with Crippen molar-refractivity contribution in [2.24, 2.45) is 11.7 Å². The van der Waals surface area contributed by atoms with Crippen LogP contribution < -0.4 is 16.4 Å². The number of rotatable bonds is 7. The number of nitrogens with zero attached hydrogens (tertiary/aromatic N) is 1. The van der Waals surface area contributed by atoms with Crippen molar-refractivity contribution in [2.75, 3.05) is 6.54 Å². The second kappa shape index (κ2) is 9.35. The number of amides is 3. The molecule has 1 saturated heterocycles. The van der Waals surface area contributed by atoms with Gasteiger partial charge in [-0.3, -0.25) is 19.2 Å². The molecular formula is C17H27F3N4O4. The number of nitrogens with two attached hydrogens (primary N) is 1. The molecule has 1 aliphatic heterocycles. The quantitative estimate of drug-likeness (QED) is 0.552. The summed E-state index contributed by atoms with van der Waals surface area (Å²) in [6.45, 7) is 5.87. The van der Waals surface area contributed by atoms with Crippen molar-refractivity contribution in [1.29, 1.82) is 0 Å². The lowest BCUT2D eigenvalue weighted by Gasteiger charge is -2.29. The van der Waals surface area contributed by atoms with Gasteiger partial charge in [0.05, 0.1) is 12.1 Å². The van der Waals surface area contributed by atoms with Gasteiger partial charge in [-0.1, -0.05) is 13.8 Å². The molecule has 1 rings (SSSR count). The van der Waals surface area contributed by atoms with Crippen LogP contribution in [0.5, 0.6) is 0 Å². The molecule has 0 spiro atoms. The van der Waals surface area contributed by atoms with Gasteiger partial charge in [-0.25, -0.2) is 0 Å². The highest BCUT2D eigenvalue weighted by Crippen LogP contribution is 2.23. The lowest BCUT2D eigenvalue weighted by molar-refractivity contribution is -0.175. The van der Waals surface area contributed by atoms with Crippen molar-refractivity contribution in [3.05, 3.63) is 0 Å². The number of likely N-dealkylation sites (tertiary alicyclic amines) is 1. The summed E-state index contributed by atoms with van der Waals surface area (Å²) in [4.78, 5) is 49.5. The van der Waals surface area contributed by atoms with Gasteiger partial charge in [0.2, 0.25) is 17.7 Å². The zero-order chi connectivity index (χ0) is 21.8. The Hall–Kier alpha value is -2.17. The fourth-order valence-electron chi connectivity index (χ4n) is 2.92. The summed E-state index contributed by atoms with van der Waals surface area (Å²) in [6, 6.07) is -4.53. The lowest BCUT2D eigenvalue weighted by atomic mass is 9.98. The van der Waals surface area contributed by atoms with Crippen molar-refractivity contribution in [1.82, 2.24) is 15.5 Å². The summed E-state index contributed by atoms with van der Waals surface area (Å²) < 4.78 is 38.3. The van der Waals surface area contributed by atoms with Gasteiger partial charge in [-0.05, 0) is 32.6 Å². The first-order chi connectivity index (χ1) is 12.8. The van der Waals surface area contributed by atoms with Crippen LogP contribution in [0.25, 0.3) is 0 Å². The summed E-state index contributed by atoms with van der Waals surface area (Å²) in [5.74, 6) is -4.74. The number of Topliss-reactive ketones (excluding diaryl/α,β-unsaturated/α-hetero) is 1. The van der Waals surface area contributed by atoms with E-state index in [4.69, 9.17) is 5.73 Å². The first-order valence-corrected chi connectivity index (χ1v) is 9.05. The van der Waals surface area contributed by atoms with E-state index >= 15 is 0 Å². The highest BCUT2D eigenvalue weighted by atomic mass is 19.4. The number of hydrogen-bond donors (Lipinski definition) is 3. The van der Waals surface area contributed by atoms with Crippen molar-refractivity contribution < 1.29 is 32.3 Å². The third-order valence-corrected chi connectivity index (χ3v) is 4.51. The third kappa shape index (κ3) is 5.91. The number of halogens is 3. The predicted octanol–water partition coefficient (Wildman–Crippen LogP) is 0.102. The standard InChI is InChI=1S/C17H27F3N4O4/c1-8(2)12(13(25)17(18,19)20)23-15(27)11-6-5-7-24(11)16(28)10(4)22-14(26)9(3)21/h8-12H,5-7,21H2,1-4H3,(H,22,26)(H,23,27). The molecule has 160 valence electrons. The van der Waals surface area contributed by atoms with E-state index in [1.807, 2.05) is 0 Å². The van der Waals surface area contributed by atoms with E-state index in [1.54, 1.807) is 0 Å². The molecule has 28 heavy (non-hydrogen) atoms. The summed E-state index contributed by atoms with van der Waals surface area (Å²) in [6.07, 6.45) is -4.36. The molecule has 0 aromatic carbocycles. The minimum absolute atomic E-state index is 0.217. The molecule has 0 aromatic rings. The lowest BCUT2D eigenvalue weighted by Crippen LogP contribution is -2.57. The Bertz CT molecular complexity index is 622. The molecule has 3 amide bonds. The second-order valence-corrected chi connectivity index (χ2v) is 7.30. The van der Waals surface area contributed by atoms with Gasteiger partial charge in [-0.2, -0.15) is 13.2 Å². The molecule has 1 heterocycles. The monoisotopic (exact) mass is 408 g/mol. The molecule has 0 bridgehead atoms. The number of carbonyl (C=O) groups excluding carboxylic acids is 4. The molecule has 11 heteroatoms. The summed E-state index contributed by atoms with van der Waals surface area (Å²) in [7, 11) is 0. The van der Waals surface area contributed by atoms with E-state index in [0.29, 0.717) is 6.42 Å². The SMILES string of the molecule is CC(N)C(=O)NC(C)C(=O)N1CCCC1C(=O)NC(C(=O)C(F)(F)F)C(C)C. The maximum absolute atomic E-state index is 12.8. The predicted molar refractivity (Wildman–Crippen MR) is 93.8 cm³/mol. The molecule has 4 atom stereocenters. The molecule has 1 aliphatic rings. The number of ketones is 1. The van der Waals surface area contributed by atoms with Crippen LogP contribution in [0.1, 0.15) is 40.5 Å². The molecule has 4 unspecified atom stereocenters. The van der Waals surface area contributed by atoms with Gasteiger partial charge in [0.15, 0.2) is 0 Å². The van der Waals surface area contributed by atoms with Crippen LogP contribution in [0.2, 0.25) is 0 Å². The molecule has 4 N–H and O–H groups in total. The van der Waals surface area contributed by atoms with Gasteiger partial charge < -0.3 is 21.3 Å². The van der Waals surface area contributed by atoms with Crippen LogP contribution in [0.15, 0.2) is 0 Å². The Morgan fingerprint density at radius 2 is 1.64 bits per heavy atom. The fourth-order valence-corrected chi connectivity index (χ4v) is 2.92. The minimum Gasteiger partial charge on any atom is -0.344 e. The normalized spacial score (nSPS) is 20.5. The maximum atomic E-state index is 12.8. The number of hydrogen-bond acceptors (Lipinski definition) is 5. The van der Waals surface area contributed by atoms with E-state index in [2.05, 4.69) is 10.6 Å². The molecular weight excluding hydrogens is 381 g/mol. The molecule has 0 saturated carbocycles. The Kier molecular flexibility index (Phi) is 7.97. The fraction of sp³-hybridized carbons (Fsp3) is 0.765. The van der Waals surface area contributed by atoms with Gasteiger partial charge in [0, 0.05) is 6.54 Å². The van der Waals surface area contributed by atoms with Crippen LogP contribution in [0, 0.1) is 5.92 Å². The molecule has 0 aliphatic carbocycles. The highest BCUT2D eigenvalue weighted by Gasteiger charge is 2.46. The Morgan fingerprint density at radius 1 is 1.07 bits per heavy atom. The van der Waals surface area contributed by atoms with Crippen molar-refractivity contribution >= 4 is 23.5 Å². The largest absolute Gasteiger partial charge is 0.452 e. The summed E-state index contributed by atoms with van der Waals surface area (Å²) in [5.41, 5.74) is 5.44.